The van der Waals surface area contributed by atoms with Gasteiger partial charge in [0.25, 0.3) is 0 Å². The third-order valence-corrected chi connectivity index (χ3v) is 3.33. The summed E-state index contributed by atoms with van der Waals surface area (Å²) >= 11 is 0. The summed E-state index contributed by atoms with van der Waals surface area (Å²) in [6, 6.07) is 2.08. The van der Waals surface area contributed by atoms with Gasteiger partial charge in [-0.05, 0) is 25.0 Å². The molecule has 0 saturated heterocycles. The van der Waals surface area contributed by atoms with Crippen LogP contribution in [0.1, 0.15) is 36.3 Å². The van der Waals surface area contributed by atoms with Crippen molar-refractivity contribution in [3.05, 3.63) is 46.8 Å². The average molecular weight is 296 g/mol. The number of ether oxygens (including phenoxy) is 1. The maximum Gasteiger partial charge on any atom is 0.163 e. The second-order valence-corrected chi connectivity index (χ2v) is 4.85. The fraction of sp³-hybridized carbons (Fsp3) is 0.400. The van der Waals surface area contributed by atoms with E-state index in [2.05, 4.69) is 5.10 Å². The van der Waals surface area contributed by atoms with Crippen molar-refractivity contribution in [1.29, 1.82) is 0 Å². The van der Waals surface area contributed by atoms with E-state index in [1.165, 1.54) is 26.3 Å². The molecule has 0 aliphatic rings. The summed E-state index contributed by atoms with van der Waals surface area (Å²) in [5.41, 5.74) is 0.639. The minimum atomic E-state index is -1.27. The number of nitrogens with zero attached hydrogens (tertiary/aromatic N) is 2. The van der Waals surface area contributed by atoms with Crippen LogP contribution in [0.4, 0.5) is 8.78 Å². The molecule has 0 fully saturated rings. The Kier molecular flexibility index (Phi) is 4.57. The first-order valence-corrected chi connectivity index (χ1v) is 6.72. The first kappa shape index (κ1) is 15.4. The lowest BCUT2D eigenvalue weighted by molar-refractivity contribution is 0.197. The zero-order chi connectivity index (χ0) is 15.6. The fourth-order valence-corrected chi connectivity index (χ4v) is 2.24. The number of aromatic nitrogens is 2. The van der Waals surface area contributed by atoms with Crippen LogP contribution in [-0.4, -0.2) is 22.0 Å². The zero-order valence-electron chi connectivity index (χ0n) is 12.2. The SMILES string of the molecule is CCCn1ncc(OC)c1C(O)c1cc(C)c(F)cc1F. The second kappa shape index (κ2) is 6.22. The van der Waals surface area contributed by atoms with Crippen LogP contribution in [0.3, 0.4) is 0 Å². The Morgan fingerprint density at radius 3 is 2.67 bits per heavy atom. The molecule has 0 bridgehead atoms. The van der Waals surface area contributed by atoms with Crippen LogP contribution in [0.5, 0.6) is 5.75 Å². The third kappa shape index (κ3) is 2.90. The highest BCUT2D eigenvalue weighted by Crippen LogP contribution is 2.32. The Balaban J connectivity index is 2.51. The van der Waals surface area contributed by atoms with Gasteiger partial charge in [-0.15, -0.1) is 0 Å². The van der Waals surface area contributed by atoms with Crippen LogP contribution in [0.15, 0.2) is 18.3 Å². The molecular formula is C15H18F2N2O2. The van der Waals surface area contributed by atoms with Crippen molar-refractivity contribution in [3.63, 3.8) is 0 Å². The van der Waals surface area contributed by atoms with Gasteiger partial charge in [-0.3, -0.25) is 4.68 Å². The number of methoxy groups -OCH3 is 1. The predicted molar refractivity (Wildman–Crippen MR) is 74.2 cm³/mol. The summed E-state index contributed by atoms with van der Waals surface area (Å²) in [6.45, 7) is 4.05. The molecular weight excluding hydrogens is 278 g/mol. The summed E-state index contributed by atoms with van der Waals surface area (Å²) in [7, 11) is 1.45. The van der Waals surface area contributed by atoms with E-state index in [4.69, 9.17) is 4.74 Å². The number of aliphatic hydroxyl groups excluding tert-OH is 1. The molecule has 2 rings (SSSR count). The van der Waals surface area contributed by atoms with Crippen LogP contribution in [0.25, 0.3) is 0 Å². The van der Waals surface area contributed by atoms with Crippen molar-refractivity contribution >= 4 is 0 Å². The van der Waals surface area contributed by atoms with Gasteiger partial charge in [-0.25, -0.2) is 8.78 Å². The smallest absolute Gasteiger partial charge is 0.163 e. The second-order valence-electron chi connectivity index (χ2n) is 4.85. The standard InChI is InChI=1S/C15H18F2N2O2/c1-4-5-19-14(13(21-3)8-18-19)15(20)10-6-9(2)11(16)7-12(10)17/h6-8,15,20H,4-5H2,1-3H3. The topological polar surface area (TPSA) is 47.3 Å². The molecule has 1 N–H and O–H groups in total. The quantitative estimate of drug-likeness (QED) is 0.922. The van der Waals surface area contributed by atoms with Crippen molar-refractivity contribution in [3.8, 4) is 5.75 Å². The van der Waals surface area contributed by atoms with Crippen molar-refractivity contribution in [2.24, 2.45) is 0 Å². The number of hydrogen-bond donors (Lipinski definition) is 1. The lowest BCUT2D eigenvalue weighted by Gasteiger charge is -2.16. The molecule has 1 aromatic heterocycles. The Morgan fingerprint density at radius 2 is 2.05 bits per heavy atom. The minimum absolute atomic E-state index is 0.00468. The van der Waals surface area contributed by atoms with E-state index in [1.807, 2.05) is 6.92 Å². The molecule has 1 aromatic carbocycles. The lowest BCUT2D eigenvalue weighted by atomic mass is 10.0. The largest absolute Gasteiger partial charge is 0.493 e. The zero-order valence-corrected chi connectivity index (χ0v) is 12.2. The summed E-state index contributed by atoms with van der Waals surface area (Å²) < 4.78 is 34.0. The summed E-state index contributed by atoms with van der Waals surface area (Å²) in [5.74, 6) is -1.06. The molecule has 0 aliphatic carbocycles. The third-order valence-electron chi connectivity index (χ3n) is 3.33. The summed E-state index contributed by atoms with van der Waals surface area (Å²) in [5, 5.41) is 14.6. The molecule has 2 aromatic rings. The molecule has 0 saturated carbocycles. The molecule has 1 unspecified atom stereocenters. The molecule has 1 heterocycles. The normalized spacial score (nSPS) is 12.5. The number of hydrogen-bond acceptors (Lipinski definition) is 3. The Morgan fingerprint density at radius 1 is 1.33 bits per heavy atom. The monoisotopic (exact) mass is 296 g/mol. The highest BCUT2D eigenvalue weighted by molar-refractivity contribution is 5.37. The molecule has 0 spiro atoms. The van der Waals surface area contributed by atoms with Crippen molar-refractivity contribution in [2.75, 3.05) is 7.11 Å². The number of rotatable bonds is 5. The minimum Gasteiger partial charge on any atom is -0.493 e. The lowest BCUT2D eigenvalue weighted by Crippen LogP contribution is -2.13. The van der Waals surface area contributed by atoms with Gasteiger partial charge in [0.1, 0.15) is 23.4 Å². The molecule has 0 radical (unpaired) electrons. The Bertz CT molecular complexity index is 641. The van der Waals surface area contributed by atoms with E-state index in [0.717, 1.165) is 12.5 Å². The predicted octanol–water partition coefficient (Wildman–Crippen LogP) is 2.97. The average Bonchev–Trinajstić information content (AvgIpc) is 2.85. The summed E-state index contributed by atoms with van der Waals surface area (Å²) in [4.78, 5) is 0. The molecule has 4 nitrogen and oxygen atoms in total. The molecule has 21 heavy (non-hydrogen) atoms. The van der Waals surface area contributed by atoms with Gasteiger partial charge in [0.05, 0.1) is 13.3 Å². The van der Waals surface area contributed by atoms with E-state index in [-0.39, 0.29) is 11.1 Å². The first-order valence-electron chi connectivity index (χ1n) is 6.72. The fourth-order valence-electron chi connectivity index (χ4n) is 2.24. The van der Waals surface area contributed by atoms with Crippen LogP contribution in [0, 0.1) is 18.6 Å². The Hall–Kier alpha value is -1.95. The van der Waals surface area contributed by atoms with Crippen LogP contribution in [-0.2, 0) is 6.54 Å². The van der Waals surface area contributed by atoms with E-state index in [0.29, 0.717) is 18.0 Å². The molecule has 0 aliphatic heterocycles. The van der Waals surface area contributed by atoms with Crippen molar-refractivity contribution < 1.29 is 18.6 Å². The molecule has 0 amide bonds. The van der Waals surface area contributed by atoms with E-state index in [1.54, 1.807) is 4.68 Å². The van der Waals surface area contributed by atoms with Gasteiger partial charge in [0, 0.05) is 18.2 Å². The molecule has 114 valence electrons. The van der Waals surface area contributed by atoms with Crippen molar-refractivity contribution in [2.45, 2.75) is 32.9 Å². The van der Waals surface area contributed by atoms with E-state index < -0.39 is 17.7 Å². The summed E-state index contributed by atoms with van der Waals surface area (Å²) in [6.07, 6.45) is 1.01. The van der Waals surface area contributed by atoms with Gasteiger partial charge in [0.15, 0.2) is 5.75 Å². The van der Waals surface area contributed by atoms with Crippen LogP contribution < -0.4 is 4.74 Å². The number of aryl methyl sites for hydroxylation is 2. The maximum atomic E-state index is 14.0. The molecule has 6 heteroatoms. The first-order chi connectivity index (χ1) is 9.99. The Labute approximate surface area is 122 Å². The van der Waals surface area contributed by atoms with Gasteiger partial charge in [-0.1, -0.05) is 6.92 Å². The van der Waals surface area contributed by atoms with Crippen LogP contribution in [0.2, 0.25) is 0 Å². The van der Waals surface area contributed by atoms with Crippen molar-refractivity contribution in [1.82, 2.24) is 9.78 Å². The number of halogens is 2. The van der Waals surface area contributed by atoms with Gasteiger partial charge < -0.3 is 9.84 Å². The molecule has 1 atom stereocenters. The highest BCUT2D eigenvalue weighted by Gasteiger charge is 2.24. The van der Waals surface area contributed by atoms with E-state index in [9.17, 15) is 13.9 Å². The van der Waals surface area contributed by atoms with Gasteiger partial charge in [-0.2, -0.15) is 5.10 Å². The van der Waals surface area contributed by atoms with E-state index >= 15 is 0 Å². The highest BCUT2D eigenvalue weighted by atomic mass is 19.1. The number of aliphatic hydroxyl groups is 1. The van der Waals surface area contributed by atoms with Gasteiger partial charge >= 0.3 is 0 Å². The number of benzene rings is 1. The maximum absolute atomic E-state index is 14.0. The van der Waals surface area contributed by atoms with Gasteiger partial charge in [0.2, 0.25) is 0 Å². The van der Waals surface area contributed by atoms with Crippen LogP contribution >= 0.6 is 0 Å².